The molecule has 2 heterocycles. The molecular weight excluding hydrogens is 485 g/mol. The molecule has 8 atom stereocenters. The Balaban J connectivity index is 2.27. The van der Waals surface area contributed by atoms with E-state index in [1.807, 2.05) is 0 Å². The fourth-order valence-corrected chi connectivity index (χ4v) is 4.71. The molecule has 2 saturated heterocycles. The zero-order valence-corrected chi connectivity index (χ0v) is 19.0. The highest BCUT2D eigenvalue weighted by Gasteiger charge is 2.80. The third-order valence-corrected chi connectivity index (χ3v) is 6.15. The number of esters is 3. The van der Waals surface area contributed by atoms with Gasteiger partial charge in [-0.15, -0.1) is 0 Å². The Morgan fingerprint density at radius 2 is 1.68 bits per heavy atom. The number of hydrogen-bond donors (Lipinski definition) is 2. The van der Waals surface area contributed by atoms with Gasteiger partial charge in [-0.25, -0.2) is 4.79 Å². The molecule has 2 N–H and O–H groups in total. The lowest BCUT2D eigenvalue weighted by molar-refractivity contribution is -0.278. The Kier molecular flexibility index (Phi) is 6.18. The van der Waals surface area contributed by atoms with E-state index in [2.05, 4.69) is 5.32 Å². The maximum absolute atomic E-state index is 12.8. The highest BCUT2D eigenvalue weighted by Crippen LogP contribution is 2.56. The summed E-state index contributed by atoms with van der Waals surface area (Å²) in [7, 11) is 1.26. The van der Waals surface area contributed by atoms with Gasteiger partial charge in [0.1, 0.15) is 17.2 Å². The van der Waals surface area contributed by atoms with Crippen molar-refractivity contribution in [3.8, 4) is 0 Å². The summed E-state index contributed by atoms with van der Waals surface area (Å²) in [6, 6.07) is 0. The van der Waals surface area contributed by atoms with Crippen LogP contribution in [0, 0.1) is 5.92 Å². The normalized spacial score (nSPS) is 41.2. The highest BCUT2D eigenvalue weighted by molar-refractivity contribution is 6.76. The molecule has 3 aliphatic rings. The van der Waals surface area contributed by atoms with E-state index in [0.717, 1.165) is 13.8 Å². The van der Waals surface area contributed by atoms with Crippen LogP contribution in [0.25, 0.3) is 0 Å². The van der Waals surface area contributed by atoms with E-state index >= 15 is 0 Å². The zero-order valence-electron chi connectivity index (χ0n) is 16.7. The number of nitrogens with one attached hydrogen (secondary N) is 1. The minimum absolute atomic E-state index is 0.840. The molecule has 3 fully saturated rings. The number of ether oxygens (including phenoxy) is 5. The van der Waals surface area contributed by atoms with Crippen molar-refractivity contribution in [2.24, 2.45) is 5.92 Å². The lowest BCUT2D eigenvalue weighted by Crippen LogP contribution is -2.84. The molecule has 11 nitrogen and oxygen atoms in total. The SMILES string of the molecule is CO[C@@H]1O[C@@H]2C(=O)O[C@@H]3C1[C@@]2(NC(=O)C(Cl)(Cl)Cl)[C@@H](OC(C)=O)C(OC(C)=O)[C@@]3(C)O. The van der Waals surface area contributed by atoms with Crippen LogP contribution in [0.3, 0.4) is 0 Å². The second-order valence-corrected chi connectivity index (χ2v) is 9.96. The van der Waals surface area contributed by atoms with Crippen LogP contribution in [-0.4, -0.2) is 81.7 Å². The van der Waals surface area contributed by atoms with E-state index in [1.165, 1.54) is 14.0 Å². The number of halogens is 3. The van der Waals surface area contributed by atoms with Crippen molar-refractivity contribution in [3.05, 3.63) is 0 Å². The van der Waals surface area contributed by atoms with Crippen molar-refractivity contribution in [2.45, 2.75) is 66.4 Å². The molecule has 174 valence electrons. The summed E-state index contributed by atoms with van der Waals surface area (Å²) in [6.07, 6.45) is -7.47. The molecule has 3 rings (SSSR count). The van der Waals surface area contributed by atoms with Crippen molar-refractivity contribution < 1.29 is 48.0 Å². The van der Waals surface area contributed by atoms with Crippen molar-refractivity contribution in [1.82, 2.24) is 5.32 Å². The summed E-state index contributed by atoms with van der Waals surface area (Å²) >= 11 is 17.2. The van der Waals surface area contributed by atoms with Gasteiger partial charge in [0.25, 0.3) is 9.70 Å². The molecule has 0 radical (unpaired) electrons. The van der Waals surface area contributed by atoms with Gasteiger partial charge in [0, 0.05) is 21.0 Å². The molecular formula is C17H20Cl3NO10. The molecule has 14 heteroatoms. The maximum Gasteiger partial charge on any atom is 0.338 e. The Hall–Kier alpha value is -1.37. The van der Waals surface area contributed by atoms with Gasteiger partial charge < -0.3 is 34.1 Å². The number of carbonyl (C=O) groups is 4. The quantitative estimate of drug-likeness (QED) is 0.298. The average molecular weight is 505 g/mol. The number of rotatable bonds is 4. The second-order valence-electron chi connectivity index (χ2n) is 7.67. The minimum Gasteiger partial charge on any atom is -0.457 e. The highest BCUT2D eigenvalue weighted by atomic mass is 35.6. The minimum atomic E-state index is -2.48. The molecule has 2 aliphatic heterocycles. The number of hydrogen-bond acceptors (Lipinski definition) is 10. The topological polar surface area (TPSA) is 147 Å². The summed E-state index contributed by atoms with van der Waals surface area (Å²) in [4.78, 5) is 49.3. The molecule has 31 heavy (non-hydrogen) atoms. The molecule has 0 aromatic carbocycles. The lowest BCUT2D eigenvalue weighted by atomic mass is 9.59. The summed E-state index contributed by atoms with van der Waals surface area (Å²) in [6.45, 7) is 3.34. The molecule has 4 bridgehead atoms. The Morgan fingerprint density at radius 3 is 2.16 bits per heavy atom. The summed E-state index contributed by atoms with van der Waals surface area (Å²) in [5.41, 5.74) is -4.05. The van der Waals surface area contributed by atoms with Crippen LogP contribution in [0.1, 0.15) is 20.8 Å². The molecule has 1 amide bonds. The van der Waals surface area contributed by atoms with Gasteiger partial charge in [0.05, 0.1) is 5.92 Å². The van der Waals surface area contributed by atoms with Gasteiger partial charge in [-0.1, -0.05) is 34.8 Å². The predicted molar refractivity (Wildman–Crippen MR) is 102 cm³/mol. The van der Waals surface area contributed by atoms with Crippen molar-refractivity contribution in [3.63, 3.8) is 0 Å². The maximum atomic E-state index is 12.8. The summed E-state index contributed by atoms with van der Waals surface area (Å²) in [5.74, 6) is -5.02. The lowest BCUT2D eigenvalue weighted by Gasteiger charge is -2.59. The van der Waals surface area contributed by atoms with E-state index in [0.29, 0.717) is 0 Å². The van der Waals surface area contributed by atoms with Gasteiger partial charge in [0.2, 0.25) is 0 Å². The monoisotopic (exact) mass is 503 g/mol. The molecule has 1 saturated carbocycles. The molecule has 2 unspecified atom stereocenters. The number of carbonyl (C=O) groups excluding carboxylic acids is 4. The van der Waals surface area contributed by atoms with Gasteiger partial charge >= 0.3 is 17.9 Å². The first kappa shape index (κ1) is 24.3. The standard InChI is InChI=1S/C17H20Cl3NO10/c1-5(22)28-9-10(29-6(2)23)16(21-14(25)17(18,19)20)7-8(15(9,3)26)30-12(24)11(16)31-13(7)27-4/h7-11,13,26H,1-4H3,(H,21,25)/t7?,8-,9?,10+,11-,13-,15+,16-/m1/s1. The summed E-state index contributed by atoms with van der Waals surface area (Å²) < 4.78 is 24.5. The fourth-order valence-electron chi connectivity index (χ4n) is 4.56. The number of methoxy groups -OCH3 is 1. The molecule has 0 spiro atoms. The first-order valence-electron chi connectivity index (χ1n) is 9.02. The predicted octanol–water partition coefficient (Wildman–Crippen LogP) is -0.247. The van der Waals surface area contributed by atoms with Gasteiger partial charge in [-0.05, 0) is 6.92 Å². The van der Waals surface area contributed by atoms with Crippen molar-refractivity contribution in [1.29, 1.82) is 0 Å². The average Bonchev–Trinajstić information content (AvgIpc) is 2.85. The van der Waals surface area contributed by atoms with Crippen LogP contribution in [-0.2, 0) is 42.9 Å². The van der Waals surface area contributed by atoms with Crippen LogP contribution in [0.5, 0.6) is 0 Å². The Bertz CT molecular complexity index is 814. The van der Waals surface area contributed by atoms with Crippen LogP contribution in [0.2, 0.25) is 0 Å². The first-order valence-corrected chi connectivity index (χ1v) is 10.2. The largest absolute Gasteiger partial charge is 0.457 e. The third-order valence-electron chi connectivity index (χ3n) is 5.64. The molecule has 1 aliphatic carbocycles. The van der Waals surface area contributed by atoms with Gasteiger partial charge in [-0.2, -0.15) is 0 Å². The second kappa shape index (κ2) is 7.89. The van der Waals surface area contributed by atoms with Crippen molar-refractivity contribution >= 4 is 58.6 Å². The Morgan fingerprint density at radius 1 is 1.13 bits per heavy atom. The summed E-state index contributed by atoms with van der Waals surface area (Å²) in [5, 5.41) is 13.7. The molecule has 0 aromatic rings. The van der Waals surface area contributed by atoms with Crippen LogP contribution < -0.4 is 5.32 Å². The van der Waals surface area contributed by atoms with E-state index in [9.17, 15) is 24.3 Å². The van der Waals surface area contributed by atoms with E-state index < -0.39 is 75.4 Å². The smallest absolute Gasteiger partial charge is 0.338 e. The third kappa shape index (κ3) is 3.75. The number of aliphatic hydroxyl groups is 1. The van der Waals surface area contributed by atoms with Crippen LogP contribution in [0.4, 0.5) is 0 Å². The van der Waals surface area contributed by atoms with Crippen LogP contribution in [0.15, 0.2) is 0 Å². The van der Waals surface area contributed by atoms with Gasteiger partial charge in [0.15, 0.2) is 24.6 Å². The van der Waals surface area contributed by atoms with E-state index in [1.54, 1.807) is 0 Å². The van der Waals surface area contributed by atoms with E-state index in [-0.39, 0.29) is 0 Å². The van der Waals surface area contributed by atoms with Crippen LogP contribution >= 0.6 is 34.8 Å². The van der Waals surface area contributed by atoms with Crippen molar-refractivity contribution in [2.75, 3.05) is 7.11 Å². The van der Waals surface area contributed by atoms with Gasteiger partial charge in [-0.3, -0.25) is 14.4 Å². The first-order chi connectivity index (χ1) is 14.2. The van der Waals surface area contributed by atoms with E-state index in [4.69, 9.17) is 58.5 Å². The Labute approximate surface area is 191 Å². The zero-order chi connectivity index (χ0) is 23.5. The molecule has 0 aromatic heterocycles. The number of amides is 1. The number of alkyl halides is 3. The fraction of sp³-hybridized carbons (Fsp3) is 0.765.